The van der Waals surface area contributed by atoms with E-state index < -0.39 is 0 Å². The van der Waals surface area contributed by atoms with Gasteiger partial charge < -0.3 is 5.32 Å². The van der Waals surface area contributed by atoms with E-state index in [4.69, 9.17) is 0 Å². The average Bonchev–Trinajstić information content (AvgIpc) is 1.67. The van der Waals surface area contributed by atoms with E-state index >= 15 is 0 Å². The molecule has 2 nitrogen and oxygen atoms in total. The summed E-state index contributed by atoms with van der Waals surface area (Å²) in [5.74, 6) is 0. The van der Waals surface area contributed by atoms with Gasteiger partial charge in [0, 0.05) is 5.54 Å². The Labute approximate surface area is 51.0 Å². The van der Waals surface area contributed by atoms with Crippen LogP contribution in [0.15, 0.2) is 4.99 Å². The summed E-state index contributed by atoms with van der Waals surface area (Å²) < 4.78 is 0. The largest absolute Gasteiger partial charge is 0.313 e. The molecule has 0 atom stereocenters. The first-order valence-electron chi connectivity index (χ1n) is 2.74. The van der Waals surface area contributed by atoms with Crippen molar-refractivity contribution in [3.05, 3.63) is 0 Å². The van der Waals surface area contributed by atoms with Gasteiger partial charge in [0.1, 0.15) is 0 Å². The summed E-state index contributed by atoms with van der Waals surface area (Å²) in [6.45, 7) is 8.34. The van der Waals surface area contributed by atoms with Crippen molar-refractivity contribution < 1.29 is 0 Å². The molecule has 48 valence electrons. The predicted octanol–water partition coefficient (Wildman–Crippen LogP) is 0.685. The predicted molar refractivity (Wildman–Crippen MR) is 37.6 cm³/mol. The minimum absolute atomic E-state index is 0.113. The summed E-state index contributed by atoms with van der Waals surface area (Å²) >= 11 is 0. The van der Waals surface area contributed by atoms with E-state index in [-0.39, 0.29) is 5.54 Å². The molecule has 0 heterocycles. The summed E-state index contributed by atoms with van der Waals surface area (Å²) in [6.07, 6.45) is 0. The molecule has 0 aliphatic heterocycles. The highest BCUT2D eigenvalue weighted by molar-refractivity contribution is 5.23. The molecule has 1 N–H and O–H groups in total. The van der Waals surface area contributed by atoms with Gasteiger partial charge in [-0.1, -0.05) is 0 Å². The van der Waals surface area contributed by atoms with Crippen LogP contribution in [0.3, 0.4) is 0 Å². The molecule has 0 aromatic carbocycles. The molecule has 0 amide bonds. The van der Waals surface area contributed by atoms with E-state index in [9.17, 15) is 0 Å². The zero-order valence-electron chi connectivity index (χ0n) is 5.86. The summed E-state index contributed by atoms with van der Waals surface area (Å²) in [6, 6.07) is 0. The van der Waals surface area contributed by atoms with Gasteiger partial charge in [-0.15, -0.1) is 0 Å². The van der Waals surface area contributed by atoms with Crippen LogP contribution in [0.25, 0.3) is 0 Å². The van der Waals surface area contributed by atoms with Gasteiger partial charge in [-0.05, 0) is 27.6 Å². The Morgan fingerprint density at radius 1 is 1.62 bits per heavy atom. The fourth-order valence-corrected chi connectivity index (χ4v) is 0.359. The highest BCUT2D eigenvalue weighted by Gasteiger charge is 2.11. The van der Waals surface area contributed by atoms with E-state index in [0.717, 1.165) is 6.54 Å². The van der Waals surface area contributed by atoms with Gasteiger partial charge in [-0.2, -0.15) is 0 Å². The quantitative estimate of drug-likeness (QED) is 0.536. The number of likely N-dealkylation sites (N-methyl/N-ethyl adjacent to an activating group) is 1. The first-order chi connectivity index (χ1) is 3.62. The standard InChI is InChI=1S/C6H14N2/c1-6(2,8-4)5-7-3/h8H,3,5H2,1-2,4H3. The van der Waals surface area contributed by atoms with Crippen molar-refractivity contribution in [2.75, 3.05) is 13.6 Å². The molecule has 0 fully saturated rings. The number of hydrogen-bond acceptors (Lipinski definition) is 2. The van der Waals surface area contributed by atoms with Crippen molar-refractivity contribution in [2.24, 2.45) is 4.99 Å². The molecule has 0 rings (SSSR count). The van der Waals surface area contributed by atoms with Crippen LogP contribution < -0.4 is 5.32 Å². The lowest BCUT2D eigenvalue weighted by Gasteiger charge is -2.20. The summed E-state index contributed by atoms with van der Waals surface area (Å²) in [5, 5.41) is 3.11. The molecule has 0 bridgehead atoms. The van der Waals surface area contributed by atoms with Crippen molar-refractivity contribution >= 4 is 6.72 Å². The topological polar surface area (TPSA) is 24.4 Å². The minimum atomic E-state index is 0.113. The lowest BCUT2D eigenvalue weighted by Crippen LogP contribution is -2.38. The highest BCUT2D eigenvalue weighted by Crippen LogP contribution is 1.98. The molecular formula is C6H14N2. The molecule has 2 heteroatoms. The molecule has 0 aromatic heterocycles. The first kappa shape index (κ1) is 7.63. The van der Waals surface area contributed by atoms with Crippen molar-refractivity contribution in [3.8, 4) is 0 Å². The second-order valence-corrected chi connectivity index (χ2v) is 2.52. The van der Waals surface area contributed by atoms with Gasteiger partial charge >= 0.3 is 0 Å². The maximum Gasteiger partial charge on any atom is 0.0558 e. The van der Waals surface area contributed by atoms with Crippen LogP contribution in [0.5, 0.6) is 0 Å². The SMILES string of the molecule is C=NCC(C)(C)NC. The van der Waals surface area contributed by atoms with Gasteiger partial charge in [0.05, 0.1) is 6.54 Å². The Bertz CT molecular complexity index is 76.6. The van der Waals surface area contributed by atoms with E-state index in [0.29, 0.717) is 0 Å². The Kier molecular flexibility index (Phi) is 2.69. The van der Waals surface area contributed by atoms with Crippen molar-refractivity contribution in [2.45, 2.75) is 19.4 Å². The third kappa shape index (κ3) is 2.75. The van der Waals surface area contributed by atoms with Crippen LogP contribution in [0.4, 0.5) is 0 Å². The Morgan fingerprint density at radius 2 is 2.12 bits per heavy atom. The third-order valence-electron chi connectivity index (χ3n) is 1.18. The summed E-state index contributed by atoms with van der Waals surface area (Å²) in [5.41, 5.74) is 0.113. The highest BCUT2D eigenvalue weighted by atomic mass is 15.0. The second-order valence-electron chi connectivity index (χ2n) is 2.52. The van der Waals surface area contributed by atoms with E-state index in [1.54, 1.807) is 0 Å². The fourth-order valence-electron chi connectivity index (χ4n) is 0.359. The van der Waals surface area contributed by atoms with Crippen LogP contribution in [0.1, 0.15) is 13.8 Å². The van der Waals surface area contributed by atoms with Crippen LogP contribution >= 0.6 is 0 Å². The lowest BCUT2D eigenvalue weighted by atomic mass is 10.1. The minimum Gasteiger partial charge on any atom is -0.313 e. The summed E-state index contributed by atoms with van der Waals surface area (Å²) in [7, 11) is 1.92. The zero-order valence-corrected chi connectivity index (χ0v) is 5.86. The smallest absolute Gasteiger partial charge is 0.0558 e. The molecule has 0 unspecified atom stereocenters. The molecule has 0 spiro atoms. The first-order valence-corrected chi connectivity index (χ1v) is 2.74. The Hall–Kier alpha value is -0.370. The monoisotopic (exact) mass is 114 g/mol. The third-order valence-corrected chi connectivity index (χ3v) is 1.18. The van der Waals surface area contributed by atoms with Crippen LogP contribution in [-0.4, -0.2) is 25.8 Å². The maximum atomic E-state index is 3.77. The van der Waals surface area contributed by atoms with Crippen LogP contribution in [0, 0.1) is 0 Å². The average molecular weight is 114 g/mol. The fraction of sp³-hybridized carbons (Fsp3) is 0.833. The maximum absolute atomic E-state index is 3.77. The van der Waals surface area contributed by atoms with Gasteiger partial charge in [-0.3, -0.25) is 4.99 Å². The van der Waals surface area contributed by atoms with Gasteiger partial charge in [-0.25, -0.2) is 0 Å². The molecule has 0 saturated carbocycles. The van der Waals surface area contributed by atoms with Crippen LogP contribution in [-0.2, 0) is 0 Å². The summed E-state index contributed by atoms with van der Waals surface area (Å²) in [4.78, 5) is 3.77. The molecule has 0 radical (unpaired) electrons. The number of aliphatic imine (C=N–C) groups is 1. The molecule has 0 aromatic rings. The lowest BCUT2D eigenvalue weighted by molar-refractivity contribution is 0.438. The zero-order chi connectivity index (χ0) is 6.62. The van der Waals surface area contributed by atoms with Crippen molar-refractivity contribution in [1.82, 2.24) is 5.32 Å². The molecule has 0 aliphatic rings. The number of rotatable bonds is 3. The van der Waals surface area contributed by atoms with E-state index in [2.05, 4.69) is 30.9 Å². The molecule has 0 saturated heterocycles. The number of nitrogens with zero attached hydrogens (tertiary/aromatic N) is 1. The normalized spacial score (nSPS) is 11.4. The van der Waals surface area contributed by atoms with Gasteiger partial charge in [0.15, 0.2) is 0 Å². The Morgan fingerprint density at radius 3 is 2.25 bits per heavy atom. The Balaban J connectivity index is 3.53. The van der Waals surface area contributed by atoms with Crippen molar-refractivity contribution in [1.29, 1.82) is 0 Å². The van der Waals surface area contributed by atoms with E-state index in [1.807, 2.05) is 7.05 Å². The van der Waals surface area contributed by atoms with Crippen LogP contribution in [0.2, 0.25) is 0 Å². The molecular weight excluding hydrogens is 100 g/mol. The molecule has 0 aliphatic carbocycles. The molecule has 8 heavy (non-hydrogen) atoms. The van der Waals surface area contributed by atoms with Gasteiger partial charge in [0.25, 0.3) is 0 Å². The van der Waals surface area contributed by atoms with E-state index in [1.165, 1.54) is 0 Å². The van der Waals surface area contributed by atoms with Crippen molar-refractivity contribution in [3.63, 3.8) is 0 Å². The number of hydrogen-bond donors (Lipinski definition) is 1. The van der Waals surface area contributed by atoms with Gasteiger partial charge in [0.2, 0.25) is 0 Å². The number of nitrogens with one attached hydrogen (secondary N) is 1. The second kappa shape index (κ2) is 2.82.